The summed E-state index contributed by atoms with van der Waals surface area (Å²) in [5.41, 5.74) is 2.50. The van der Waals surface area contributed by atoms with Gasteiger partial charge in [-0.25, -0.2) is 4.63 Å². The summed E-state index contributed by atoms with van der Waals surface area (Å²) in [4.78, 5) is 2.32. The van der Waals surface area contributed by atoms with E-state index in [2.05, 4.69) is 21.3 Å². The van der Waals surface area contributed by atoms with E-state index in [1.165, 1.54) is 0 Å². The highest BCUT2D eigenvalue weighted by Crippen LogP contribution is 2.29. The van der Waals surface area contributed by atoms with Gasteiger partial charge in [-0.05, 0) is 48.3 Å². The SMILES string of the molecule is C[C@]1(C#N)CCCN(Cc2cccc3nonc23)C1. The predicted molar refractivity (Wildman–Crippen MR) is 70.0 cm³/mol. The number of likely N-dealkylation sites (tertiary alicyclic amines) is 1. The summed E-state index contributed by atoms with van der Waals surface area (Å²) >= 11 is 0. The fourth-order valence-corrected chi connectivity index (χ4v) is 2.80. The lowest BCUT2D eigenvalue weighted by molar-refractivity contribution is 0.137. The first-order chi connectivity index (χ1) is 9.20. The van der Waals surface area contributed by atoms with Gasteiger partial charge in [0.15, 0.2) is 0 Å². The summed E-state index contributed by atoms with van der Waals surface area (Å²) in [6, 6.07) is 8.35. The molecule has 1 aromatic heterocycles. The van der Waals surface area contributed by atoms with Crippen molar-refractivity contribution in [1.29, 1.82) is 5.26 Å². The predicted octanol–water partition coefficient (Wildman–Crippen LogP) is 2.35. The van der Waals surface area contributed by atoms with Crippen LogP contribution in [-0.4, -0.2) is 28.3 Å². The van der Waals surface area contributed by atoms with E-state index in [4.69, 9.17) is 4.63 Å². The molecular weight excluding hydrogens is 240 g/mol. The van der Waals surface area contributed by atoms with Gasteiger partial charge in [-0.1, -0.05) is 12.1 Å². The molecule has 98 valence electrons. The van der Waals surface area contributed by atoms with Crippen LogP contribution in [0.5, 0.6) is 0 Å². The molecule has 0 spiro atoms. The summed E-state index contributed by atoms with van der Waals surface area (Å²) in [5, 5.41) is 17.1. The number of hydrogen-bond acceptors (Lipinski definition) is 5. The first-order valence-corrected chi connectivity index (χ1v) is 6.54. The van der Waals surface area contributed by atoms with Gasteiger partial charge >= 0.3 is 0 Å². The molecule has 1 fully saturated rings. The average molecular weight is 256 g/mol. The van der Waals surface area contributed by atoms with Crippen molar-refractivity contribution >= 4 is 11.0 Å². The Morgan fingerprint density at radius 2 is 2.37 bits per heavy atom. The van der Waals surface area contributed by atoms with Crippen molar-refractivity contribution < 1.29 is 4.63 Å². The zero-order chi connectivity index (χ0) is 13.3. The van der Waals surface area contributed by atoms with Crippen molar-refractivity contribution in [1.82, 2.24) is 15.2 Å². The molecule has 0 saturated carbocycles. The maximum atomic E-state index is 9.26. The third-order valence-corrected chi connectivity index (χ3v) is 3.81. The van der Waals surface area contributed by atoms with Gasteiger partial charge in [0, 0.05) is 13.1 Å². The summed E-state index contributed by atoms with van der Waals surface area (Å²) in [6.45, 7) is 4.67. The van der Waals surface area contributed by atoms with Crippen molar-refractivity contribution in [3.8, 4) is 6.07 Å². The Kier molecular flexibility index (Phi) is 2.96. The number of benzene rings is 1. The van der Waals surface area contributed by atoms with Gasteiger partial charge in [0.2, 0.25) is 0 Å². The van der Waals surface area contributed by atoms with Crippen LogP contribution in [0.2, 0.25) is 0 Å². The monoisotopic (exact) mass is 256 g/mol. The Morgan fingerprint density at radius 1 is 1.47 bits per heavy atom. The highest BCUT2D eigenvalue weighted by molar-refractivity contribution is 5.76. The Balaban J connectivity index is 1.82. The molecule has 2 aromatic rings. The molecule has 0 bridgehead atoms. The highest BCUT2D eigenvalue weighted by atomic mass is 16.6. The van der Waals surface area contributed by atoms with E-state index in [-0.39, 0.29) is 5.41 Å². The zero-order valence-electron chi connectivity index (χ0n) is 11.0. The summed E-state index contributed by atoms with van der Waals surface area (Å²) in [6.07, 6.45) is 2.05. The van der Waals surface area contributed by atoms with Crippen LogP contribution >= 0.6 is 0 Å². The van der Waals surface area contributed by atoms with Crippen LogP contribution in [0.4, 0.5) is 0 Å². The Hall–Kier alpha value is -1.93. The summed E-state index contributed by atoms with van der Waals surface area (Å²) in [5.74, 6) is 0. The van der Waals surface area contributed by atoms with E-state index in [9.17, 15) is 5.26 Å². The standard InChI is InChI=1S/C14H16N4O/c1-14(9-15)6-3-7-18(10-14)8-11-4-2-5-12-13(11)17-19-16-12/h2,4-5H,3,6-8,10H2,1H3/t14-/m1/s1. The fraction of sp³-hybridized carbons (Fsp3) is 0.500. The largest absolute Gasteiger partial charge is 0.297 e. The molecule has 0 amide bonds. The van der Waals surface area contributed by atoms with Gasteiger partial charge in [0.1, 0.15) is 11.0 Å². The number of piperidine rings is 1. The molecule has 2 heterocycles. The second kappa shape index (κ2) is 4.63. The van der Waals surface area contributed by atoms with E-state index in [1.54, 1.807) is 0 Å². The average Bonchev–Trinajstić information content (AvgIpc) is 2.88. The van der Waals surface area contributed by atoms with E-state index in [1.807, 2.05) is 25.1 Å². The maximum Gasteiger partial charge on any atom is 0.139 e. The summed E-state index contributed by atoms with van der Waals surface area (Å²) < 4.78 is 4.79. The first-order valence-electron chi connectivity index (χ1n) is 6.54. The molecule has 1 saturated heterocycles. The lowest BCUT2D eigenvalue weighted by Gasteiger charge is -2.35. The Morgan fingerprint density at radius 3 is 3.21 bits per heavy atom. The van der Waals surface area contributed by atoms with Crippen LogP contribution in [0.1, 0.15) is 25.3 Å². The molecule has 1 aliphatic heterocycles. The lowest BCUT2D eigenvalue weighted by atomic mass is 9.83. The fourth-order valence-electron chi connectivity index (χ4n) is 2.80. The number of hydrogen-bond donors (Lipinski definition) is 0. The second-order valence-corrected chi connectivity index (χ2v) is 5.54. The molecule has 3 rings (SSSR count). The van der Waals surface area contributed by atoms with E-state index in [0.29, 0.717) is 0 Å². The highest BCUT2D eigenvalue weighted by Gasteiger charge is 2.31. The number of fused-ring (bicyclic) bond motifs is 1. The smallest absolute Gasteiger partial charge is 0.139 e. The molecule has 1 aromatic carbocycles. The van der Waals surface area contributed by atoms with Crippen molar-refractivity contribution in [2.75, 3.05) is 13.1 Å². The number of nitrogens with zero attached hydrogens (tertiary/aromatic N) is 4. The molecule has 5 heteroatoms. The second-order valence-electron chi connectivity index (χ2n) is 5.54. The van der Waals surface area contributed by atoms with E-state index < -0.39 is 0 Å². The van der Waals surface area contributed by atoms with Crippen molar-refractivity contribution in [2.45, 2.75) is 26.3 Å². The molecule has 0 radical (unpaired) electrons. The Bertz CT molecular complexity index is 630. The van der Waals surface area contributed by atoms with Crippen LogP contribution < -0.4 is 0 Å². The number of nitriles is 1. The van der Waals surface area contributed by atoms with Gasteiger partial charge in [0.25, 0.3) is 0 Å². The van der Waals surface area contributed by atoms with Gasteiger partial charge in [0.05, 0.1) is 11.5 Å². The minimum atomic E-state index is -0.228. The summed E-state index contributed by atoms with van der Waals surface area (Å²) in [7, 11) is 0. The van der Waals surface area contributed by atoms with E-state index >= 15 is 0 Å². The third kappa shape index (κ3) is 2.32. The molecular formula is C14H16N4O. The van der Waals surface area contributed by atoms with Gasteiger partial charge in [-0.2, -0.15) is 5.26 Å². The van der Waals surface area contributed by atoms with Crippen LogP contribution in [-0.2, 0) is 6.54 Å². The molecule has 0 aliphatic carbocycles. The normalized spacial score (nSPS) is 24.4. The third-order valence-electron chi connectivity index (χ3n) is 3.81. The van der Waals surface area contributed by atoms with Crippen molar-refractivity contribution in [3.05, 3.63) is 23.8 Å². The van der Waals surface area contributed by atoms with Crippen LogP contribution in [0.25, 0.3) is 11.0 Å². The van der Waals surface area contributed by atoms with Crippen LogP contribution in [0.3, 0.4) is 0 Å². The molecule has 1 atom stereocenters. The molecule has 5 nitrogen and oxygen atoms in total. The van der Waals surface area contributed by atoms with E-state index in [0.717, 1.165) is 49.1 Å². The first kappa shape index (κ1) is 12.1. The van der Waals surface area contributed by atoms with Gasteiger partial charge < -0.3 is 0 Å². The van der Waals surface area contributed by atoms with Gasteiger partial charge in [-0.3, -0.25) is 4.90 Å². The van der Waals surface area contributed by atoms with Crippen LogP contribution in [0, 0.1) is 16.7 Å². The minimum Gasteiger partial charge on any atom is -0.297 e. The topological polar surface area (TPSA) is 66.0 Å². The molecule has 1 aliphatic rings. The Labute approximate surface area is 111 Å². The number of aromatic nitrogens is 2. The molecule has 19 heavy (non-hydrogen) atoms. The van der Waals surface area contributed by atoms with Crippen LogP contribution in [0.15, 0.2) is 22.8 Å². The number of rotatable bonds is 2. The minimum absolute atomic E-state index is 0.228. The lowest BCUT2D eigenvalue weighted by Crippen LogP contribution is -2.40. The zero-order valence-corrected chi connectivity index (χ0v) is 11.0. The van der Waals surface area contributed by atoms with Gasteiger partial charge in [-0.15, -0.1) is 0 Å². The van der Waals surface area contributed by atoms with Crippen molar-refractivity contribution in [2.24, 2.45) is 5.41 Å². The maximum absolute atomic E-state index is 9.26. The molecule has 0 unspecified atom stereocenters. The quantitative estimate of drug-likeness (QED) is 0.825. The molecule has 0 N–H and O–H groups in total. The van der Waals surface area contributed by atoms with Crippen molar-refractivity contribution in [3.63, 3.8) is 0 Å².